The minimum absolute atomic E-state index is 0.0169. The summed E-state index contributed by atoms with van der Waals surface area (Å²) in [6.45, 7) is 0.787. The molecule has 1 aliphatic carbocycles. The summed E-state index contributed by atoms with van der Waals surface area (Å²) in [6, 6.07) is 16.2. The Morgan fingerprint density at radius 3 is 2.39 bits per heavy atom. The van der Waals surface area contributed by atoms with Gasteiger partial charge in [-0.15, -0.1) is 0 Å². The molecule has 1 aliphatic rings. The van der Waals surface area contributed by atoms with E-state index in [1.165, 1.54) is 33.1 Å². The Bertz CT molecular complexity index is 1040. The molecule has 0 bridgehead atoms. The van der Waals surface area contributed by atoms with E-state index in [-0.39, 0.29) is 18.6 Å². The minimum atomic E-state index is -0.503. The largest absolute Gasteiger partial charge is 0.449 e. The number of aromatic nitrogens is 2. The van der Waals surface area contributed by atoms with Crippen molar-refractivity contribution in [2.24, 2.45) is 0 Å². The highest BCUT2D eigenvalue weighted by Crippen LogP contribution is 2.44. The summed E-state index contributed by atoms with van der Waals surface area (Å²) in [6.07, 6.45) is 5.78. The molecule has 0 radical (unpaired) electrons. The smallest absolute Gasteiger partial charge is 0.409 e. The van der Waals surface area contributed by atoms with Crippen molar-refractivity contribution in [3.05, 3.63) is 78.4 Å². The zero-order valence-corrected chi connectivity index (χ0v) is 18.6. The second-order valence-corrected chi connectivity index (χ2v) is 7.89. The molecule has 0 spiro atoms. The van der Waals surface area contributed by atoms with Crippen LogP contribution in [0.25, 0.3) is 11.1 Å². The van der Waals surface area contributed by atoms with Crippen molar-refractivity contribution < 1.29 is 19.0 Å². The van der Waals surface area contributed by atoms with Crippen molar-refractivity contribution in [1.82, 2.24) is 20.2 Å². The number of benzene rings is 2. The van der Waals surface area contributed by atoms with Gasteiger partial charge in [0.05, 0.1) is 0 Å². The molecule has 1 unspecified atom stereocenters. The van der Waals surface area contributed by atoms with Gasteiger partial charge in [0.2, 0.25) is 0 Å². The van der Waals surface area contributed by atoms with Crippen LogP contribution in [0, 0.1) is 0 Å². The topological polar surface area (TPSA) is 94.5 Å². The van der Waals surface area contributed by atoms with E-state index < -0.39 is 12.3 Å². The van der Waals surface area contributed by atoms with E-state index in [9.17, 15) is 9.59 Å². The number of carbonyl (C=O) groups excluding carboxylic acids is 2. The number of hydrogen-bond donors (Lipinski definition) is 2. The van der Waals surface area contributed by atoms with E-state index in [0.717, 1.165) is 12.8 Å². The Morgan fingerprint density at radius 1 is 1.06 bits per heavy atom. The maximum absolute atomic E-state index is 12.4. The van der Waals surface area contributed by atoms with Crippen molar-refractivity contribution in [3.63, 3.8) is 0 Å². The Hall–Kier alpha value is -3.59. The zero-order valence-electron chi connectivity index (χ0n) is 18.6. The molecule has 1 atom stereocenters. The predicted molar refractivity (Wildman–Crippen MR) is 126 cm³/mol. The molecular weight excluding hydrogens is 419 g/mol. The van der Waals surface area contributed by atoms with Crippen molar-refractivity contribution in [2.45, 2.75) is 31.4 Å². The average molecular weight is 446 g/mol. The van der Waals surface area contributed by atoms with E-state index in [0.29, 0.717) is 13.0 Å². The number of amides is 2. The molecule has 1 aromatic heterocycles. The van der Waals surface area contributed by atoms with E-state index in [1.807, 2.05) is 24.3 Å². The molecule has 2 aromatic carbocycles. The van der Waals surface area contributed by atoms with Crippen LogP contribution < -0.4 is 10.6 Å². The van der Waals surface area contributed by atoms with Gasteiger partial charge < -0.3 is 14.7 Å². The second-order valence-electron chi connectivity index (χ2n) is 7.89. The molecule has 2 N–H and O–H groups in total. The van der Waals surface area contributed by atoms with Gasteiger partial charge in [-0.05, 0) is 41.5 Å². The maximum Gasteiger partial charge on any atom is 0.409 e. The van der Waals surface area contributed by atoms with Crippen molar-refractivity contribution in [1.29, 1.82) is 0 Å². The van der Waals surface area contributed by atoms with Crippen LogP contribution in [0.1, 0.15) is 36.3 Å². The number of carbonyl (C=O) groups is 2. The first kappa shape index (κ1) is 22.6. The fraction of sp³-hybridized carbons (Fsp3) is 0.292. The number of nitrogens with zero attached hydrogens (tertiary/aromatic N) is 2. The van der Waals surface area contributed by atoms with Gasteiger partial charge in [0.25, 0.3) is 8.05 Å². The molecule has 4 rings (SSSR count). The molecule has 9 heteroatoms. The molecule has 33 heavy (non-hydrogen) atoms. The van der Waals surface area contributed by atoms with Crippen molar-refractivity contribution >= 4 is 20.2 Å². The number of fused-ring (bicyclic) bond motifs is 3. The lowest BCUT2D eigenvalue weighted by Crippen LogP contribution is -2.37. The van der Waals surface area contributed by atoms with Crippen molar-refractivity contribution in [3.8, 4) is 11.1 Å². The number of rotatable bonds is 9. The van der Waals surface area contributed by atoms with Crippen LogP contribution in [0.5, 0.6) is 0 Å². The molecule has 0 aliphatic heterocycles. The summed E-state index contributed by atoms with van der Waals surface area (Å²) in [5.41, 5.74) is 4.73. The van der Waals surface area contributed by atoms with E-state index in [2.05, 4.69) is 39.9 Å². The molecular formula is C24H27BN4O4. The van der Waals surface area contributed by atoms with Gasteiger partial charge in [0, 0.05) is 24.9 Å². The molecule has 2 amide bonds. The molecule has 1 heterocycles. The lowest BCUT2D eigenvalue weighted by Gasteiger charge is -2.19. The van der Waals surface area contributed by atoms with Gasteiger partial charge in [0.15, 0.2) is 0 Å². The van der Waals surface area contributed by atoms with Gasteiger partial charge >= 0.3 is 12.1 Å². The quantitative estimate of drug-likeness (QED) is 0.299. The standard InChI is InChI=1S/C24H27BN4O4/c25-33-22(11-5-6-12-27-23(30)29-14-13-26-16-29)28-24(31)32-15-21-19-9-3-1-7-17(19)18-8-2-4-10-20(18)21/h1-4,7-10,13-14,16,21-22H,5-6,11-12,15,25H2,(H,27,30)(H,28,31). The van der Waals surface area contributed by atoms with Crippen LogP contribution in [0.15, 0.2) is 67.3 Å². The van der Waals surface area contributed by atoms with Crippen molar-refractivity contribution in [2.75, 3.05) is 13.2 Å². The second kappa shape index (κ2) is 10.8. The molecule has 0 fully saturated rings. The normalized spacial score (nSPS) is 13.1. The number of hydrogen-bond acceptors (Lipinski definition) is 5. The number of nitrogens with one attached hydrogen (secondary N) is 2. The van der Waals surface area contributed by atoms with Crippen LogP contribution in [-0.2, 0) is 9.39 Å². The lowest BCUT2D eigenvalue weighted by atomic mass is 9.98. The number of ether oxygens (including phenoxy) is 1. The third kappa shape index (κ3) is 5.43. The minimum Gasteiger partial charge on any atom is -0.449 e. The Kier molecular flexibility index (Phi) is 7.42. The summed E-state index contributed by atoms with van der Waals surface area (Å²) in [4.78, 5) is 28.1. The number of imidazole rings is 1. The van der Waals surface area contributed by atoms with Crippen LogP contribution in [0.3, 0.4) is 0 Å². The number of alkyl carbamates (subject to hydrolysis) is 1. The first-order chi connectivity index (χ1) is 16.2. The van der Waals surface area contributed by atoms with Crippen LogP contribution >= 0.6 is 0 Å². The predicted octanol–water partition coefficient (Wildman–Crippen LogP) is 3.04. The van der Waals surface area contributed by atoms with Gasteiger partial charge in [-0.25, -0.2) is 14.6 Å². The monoisotopic (exact) mass is 446 g/mol. The first-order valence-electron chi connectivity index (χ1n) is 11.1. The van der Waals surface area contributed by atoms with Crippen LogP contribution in [0.4, 0.5) is 9.59 Å². The molecule has 0 saturated heterocycles. The number of unbranched alkanes of at least 4 members (excludes halogenated alkanes) is 1. The van der Waals surface area contributed by atoms with E-state index in [4.69, 9.17) is 9.39 Å². The fourth-order valence-corrected chi connectivity index (χ4v) is 4.14. The van der Waals surface area contributed by atoms with Gasteiger partial charge in [0.1, 0.15) is 19.2 Å². The highest BCUT2D eigenvalue weighted by Gasteiger charge is 2.29. The summed E-state index contributed by atoms with van der Waals surface area (Å²) in [5.74, 6) is 0.0169. The Balaban J connectivity index is 1.21. The van der Waals surface area contributed by atoms with Gasteiger partial charge in [-0.1, -0.05) is 48.5 Å². The summed E-state index contributed by atoms with van der Waals surface area (Å²) in [5, 5.41) is 5.59. The van der Waals surface area contributed by atoms with Crippen LogP contribution in [0.2, 0.25) is 0 Å². The third-order valence-electron chi connectivity index (χ3n) is 5.82. The molecule has 170 valence electrons. The van der Waals surface area contributed by atoms with E-state index >= 15 is 0 Å². The third-order valence-corrected chi connectivity index (χ3v) is 5.82. The Morgan fingerprint density at radius 2 is 1.76 bits per heavy atom. The SMILES string of the molecule is BOC(CCCCNC(=O)n1ccnc1)NC(=O)OCC1c2ccccc2-c2ccccc21. The van der Waals surface area contributed by atoms with Crippen LogP contribution in [-0.4, -0.2) is 49.1 Å². The highest BCUT2D eigenvalue weighted by molar-refractivity contribution is 5.98. The molecule has 8 nitrogen and oxygen atoms in total. The molecule has 0 saturated carbocycles. The van der Waals surface area contributed by atoms with E-state index in [1.54, 1.807) is 20.4 Å². The van der Waals surface area contributed by atoms with Gasteiger partial charge in [-0.2, -0.15) is 0 Å². The highest BCUT2D eigenvalue weighted by atomic mass is 16.6. The maximum atomic E-state index is 12.4. The lowest BCUT2D eigenvalue weighted by molar-refractivity contribution is 0.108. The zero-order chi connectivity index (χ0) is 23.0. The summed E-state index contributed by atoms with van der Waals surface area (Å²) >= 11 is 0. The molecule has 3 aromatic rings. The first-order valence-corrected chi connectivity index (χ1v) is 11.1. The Labute approximate surface area is 193 Å². The summed E-state index contributed by atoms with van der Waals surface area (Å²) in [7, 11) is 1.55. The van der Waals surface area contributed by atoms with Gasteiger partial charge in [-0.3, -0.25) is 9.88 Å². The average Bonchev–Trinajstić information content (AvgIpc) is 3.49. The summed E-state index contributed by atoms with van der Waals surface area (Å²) < 4.78 is 12.3. The fourth-order valence-electron chi connectivity index (χ4n) is 4.14.